The summed E-state index contributed by atoms with van der Waals surface area (Å²) in [6, 6.07) is 10.5. The van der Waals surface area contributed by atoms with E-state index in [4.69, 9.17) is 5.53 Å². The van der Waals surface area contributed by atoms with Crippen molar-refractivity contribution in [2.24, 2.45) is 10.5 Å². The third-order valence-electron chi connectivity index (χ3n) is 4.52. The summed E-state index contributed by atoms with van der Waals surface area (Å²) in [4.78, 5) is 2.86. The summed E-state index contributed by atoms with van der Waals surface area (Å²) >= 11 is 3.47. The first-order chi connectivity index (χ1) is 10.0. The molecule has 1 aliphatic carbocycles. The maximum absolute atomic E-state index is 9.58. The van der Waals surface area contributed by atoms with Gasteiger partial charge in [-0.25, -0.2) is 0 Å². The van der Waals surface area contributed by atoms with E-state index in [-0.39, 0.29) is 5.41 Å². The van der Waals surface area contributed by atoms with Gasteiger partial charge in [0.25, 0.3) is 0 Å². The van der Waals surface area contributed by atoms with E-state index in [2.05, 4.69) is 32.0 Å². The molecule has 1 aromatic rings. The second-order valence-electron chi connectivity index (χ2n) is 6.20. The molecule has 0 bridgehead atoms. The molecule has 0 spiro atoms. The lowest BCUT2D eigenvalue weighted by Gasteiger charge is -2.23. The van der Waals surface area contributed by atoms with Crippen LogP contribution in [-0.2, 0) is 5.41 Å². The third kappa shape index (κ3) is 4.00. The van der Waals surface area contributed by atoms with Gasteiger partial charge in [0, 0.05) is 15.9 Å². The van der Waals surface area contributed by atoms with Gasteiger partial charge < -0.3 is 0 Å². The van der Waals surface area contributed by atoms with Crippen molar-refractivity contribution in [1.82, 2.24) is 0 Å². The minimum absolute atomic E-state index is 0.222. The standard InChI is InChI=1S/C16H19BrN4/c1-15(11-18,13-4-2-5-14(17)10-13)6-3-7-16(8-9-16)12-20-21-19/h2,4-5,10H,3,6-9,12H2,1H3. The summed E-state index contributed by atoms with van der Waals surface area (Å²) in [7, 11) is 0. The molecule has 0 radical (unpaired) electrons. The number of nitrogens with zero attached hydrogens (tertiary/aromatic N) is 4. The van der Waals surface area contributed by atoms with E-state index in [1.165, 1.54) is 0 Å². The van der Waals surface area contributed by atoms with E-state index in [0.29, 0.717) is 6.54 Å². The Kier molecular flexibility index (Phi) is 4.92. The summed E-state index contributed by atoms with van der Waals surface area (Å²) < 4.78 is 1.00. The molecule has 0 N–H and O–H groups in total. The quantitative estimate of drug-likeness (QED) is 0.365. The van der Waals surface area contributed by atoms with Crippen LogP contribution in [0.2, 0.25) is 0 Å². The van der Waals surface area contributed by atoms with Crippen molar-refractivity contribution >= 4 is 15.9 Å². The zero-order valence-corrected chi connectivity index (χ0v) is 13.8. The Morgan fingerprint density at radius 1 is 1.52 bits per heavy atom. The topological polar surface area (TPSA) is 72.5 Å². The number of nitriles is 1. The zero-order chi connectivity index (χ0) is 15.3. The Hall–Kier alpha value is -1.50. The maximum atomic E-state index is 9.58. The van der Waals surface area contributed by atoms with Crippen molar-refractivity contribution in [2.45, 2.75) is 44.4 Å². The number of azide groups is 1. The minimum Gasteiger partial charge on any atom is -0.197 e. The number of hydrogen-bond donors (Lipinski definition) is 0. The molecule has 0 heterocycles. The van der Waals surface area contributed by atoms with Gasteiger partial charge in [0.1, 0.15) is 0 Å². The highest BCUT2D eigenvalue weighted by atomic mass is 79.9. The average molecular weight is 347 g/mol. The maximum Gasteiger partial charge on any atom is 0.0794 e. The van der Waals surface area contributed by atoms with Crippen LogP contribution in [0.1, 0.15) is 44.6 Å². The smallest absolute Gasteiger partial charge is 0.0794 e. The van der Waals surface area contributed by atoms with Crippen LogP contribution >= 0.6 is 15.9 Å². The Bertz CT molecular complexity index is 597. The fourth-order valence-corrected chi connectivity index (χ4v) is 3.16. The lowest BCUT2D eigenvalue weighted by Crippen LogP contribution is -2.20. The van der Waals surface area contributed by atoms with Crippen LogP contribution in [0.4, 0.5) is 0 Å². The van der Waals surface area contributed by atoms with E-state index in [0.717, 1.165) is 42.1 Å². The van der Waals surface area contributed by atoms with Crippen LogP contribution in [0.5, 0.6) is 0 Å². The molecule has 21 heavy (non-hydrogen) atoms. The van der Waals surface area contributed by atoms with Crippen LogP contribution in [0.15, 0.2) is 33.9 Å². The van der Waals surface area contributed by atoms with Gasteiger partial charge in [0.2, 0.25) is 0 Å². The molecule has 1 fully saturated rings. The van der Waals surface area contributed by atoms with E-state index < -0.39 is 5.41 Å². The Morgan fingerprint density at radius 2 is 2.29 bits per heavy atom. The van der Waals surface area contributed by atoms with E-state index >= 15 is 0 Å². The Morgan fingerprint density at radius 3 is 2.86 bits per heavy atom. The number of halogens is 1. The molecular weight excluding hydrogens is 328 g/mol. The summed E-state index contributed by atoms with van der Waals surface area (Å²) in [5, 5.41) is 13.3. The number of rotatable bonds is 7. The van der Waals surface area contributed by atoms with Gasteiger partial charge in [0.15, 0.2) is 0 Å². The van der Waals surface area contributed by atoms with Crippen molar-refractivity contribution in [3.63, 3.8) is 0 Å². The first-order valence-corrected chi connectivity index (χ1v) is 8.01. The molecule has 110 valence electrons. The first kappa shape index (κ1) is 15.9. The summed E-state index contributed by atoms with van der Waals surface area (Å²) in [6.45, 7) is 2.60. The fraction of sp³-hybridized carbons (Fsp3) is 0.562. The second kappa shape index (κ2) is 6.51. The molecule has 1 atom stereocenters. The summed E-state index contributed by atoms with van der Waals surface area (Å²) in [5.74, 6) is 0. The van der Waals surface area contributed by atoms with Crippen molar-refractivity contribution in [3.05, 3.63) is 44.7 Å². The molecule has 2 rings (SSSR count). The average Bonchev–Trinajstić information content (AvgIpc) is 3.25. The van der Waals surface area contributed by atoms with Crippen molar-refractivity contribution in [3.8, 4) is 6.07 Å². The molecule has 0 amide bonds. The highest BCUT2D eigenvalue weighted by Gasteiger charge is 2.41. The molecule has 0 aliphatic heterocycles. The largest absolute Gasteiger partial charge is 0.197 e. The highest BCUT2D eigenvalue weighted by Crippen LogP contribution is 2.50. The van der Waals surface area contributed by atoms with Gasteiger partial charge in [-0.2, -0.15) is 5.26 Å². The Labute approximate surface area is 133 Å². The lowest BCUT2D eigenvalue weighted by atomic mass is 9.78. The second-order valence-corrected chi connectivity index (χ2v) is 7.11. The minimum atomic E-state index is -0.460. The van der Waals surface area contributed by atoms with Gasteiger partial charge in [-0.3, -0.25) is 0 Å². The summed E-state index contributed by atoms with van der Waals surface area (Å²) in [6.07, 6.45) is 5.14. The van der Waals surface area contributed by atoms with E-state index in [1.54, 1.807) is 0 Å². The molecule has 1 aliphatic rings. The molecule has 0 aromatic heterocycles. The SMILES string of the molecule is CC(C#N)(CCCC1(CN=[N+]=[N-])CC1)c1cccc(Br)c1. The van der Waals surface area contributed by atoms with E-state index in [9.17, 15) is 5.26 Å². The molecule has 1 unspecified atom stereocenters. The van der Waals surface area contributed by atoms with Crippen LogP contribution < -0.4 is 0 Å². The highest BCUT2D eigenvalue weighted by molar-refractivity contribution is 9.10. The molecule has 4 nitrogen and oxygen atoms in total. The molecule has 1 aromatic carbocycles. The Balaban J connectivity index is 1.97. The number of hydrogen-bond acceptors (Lipinski definition) is 2. The van der Waals surface area contributed by atoms with Crippen LogP contribution in [0.3, 0.4) is 0 Å². The van der Waals surface area contributed by atoms with Crippen LogP contribution in [0.25, 0.3) is 10.4 Å². The van der Waals surface area contributed by atoms with Gasteiger partial charge in [-0.05, 0) is 61.2 Å². The normalized spacial score (nSPS) is 18.1. The van der Waals surface area contributed by atoms with Crippen molar-refractivity contribution in [2.75, 3.05) is 6.54 Å². The van der Waals surface area contributed by atoms with E-state index in [1.807, 2.05) is 31.2 Å². The predicted molar refractivity (Wildman–Crippen MR) is 86.6 cm³/mol. The van der Waals surface area contributed by atoms with Crippen LogP contribution in [0, 0.1) is 16.7 Å². The van der Waals surface area contributed by atoms with Gasteiger partial charge >= 0.3 is 0 Å². The predicted octanol–water partition coefficient (Wildman–Crippen LogP) is 5.49. The van der Waals surface area contributed by atoms with Gasteiger partial charge in [-0.1, -0.05) is 39.6 Å². The molecule has 5 heteroatoms. The first-order valence-electron chi connectivity index (χ1n) is 7.22. The monoisotopic (exact) mass is 346 g/mol. The van der Waals surface area contributed by atoms with Crippen molar-refractivity contribution in [1.29, 1.82) is 5.26 Å². The lowest BCUT2D eigenvalue weighted by molar-refractivity contribution is 0.415. The van der Waals surface area contributed by atoms with Gasteiger partial charge in [-0.15, -0.1) is 0 Å². The number of benzene rings is 1. The molecule has 1 saturated carbocycles. The molecule has 0 saturated heterocycles. The zero-order valence-electron chi connectivity index (χ0n) is 12.2. The molecular formula is C16H19BrN4. The van der Waals surface area contributed by atoms with Crippen LogP contribution in [-0.4, -0.2) is 6.54 Å². The fourth-order valence-electron chi connectivity index (χ4n) is 2.76. The van der Waals surface area contributed by atoms with Gasteiger partial charge in [0.05, 0.1) is 11.5 Å². The summed E-state index contributed by atoms with van der Waals surface area (Å²) in [5.41, 5.74) is 9.25. The van der Waals surface area contributed by atoms with Crippen molar-refractivity contribution < 1.29 is 0 Å². The third-order valence-corrected chi connectivity index (χ3v) is 5.01.